The molecule has 1 saturated heterocycles. The van der Waals surface area contributed by atoms with E-state index < -0.39 is 99.2 Å². The number of sulfonamides is 1. The summed E-state index contributed by atoms with van der Waals surface area (Å²) in [7, 11) is -4.03. The molecule has 2 aliphatic carbocycles. The van der Waals surface area contributed by atoms with E-state index in [1.54, 1.807) is 31.2 Å². The van der Waals surface area contributed by atoms with E-state index in [-0.39, 0.29) is 42.5 Å². The summed E-state index contributed by atoms with van der Waals surface area (Å²) in [6, 6.07) is 1.74. The van der Waals surface area contributed by atoms with Crippen molar-refractivity contribution >= 4 is 44.6 Å². The molecule has 15 nitrogen and oxygen atoms in total. The van der Waals surface area contributed by atoms with Crippen LogP contribution in [0.2, 0.25) is 0 Å². The summed E-state index contributed by atoms with van der Waals surface area (Å²) in [6.07, 6.45) is -2.58. The number of halogens is 3. The number of carbonyl (C=O) groups excluding carboxylic acids is 3. The van der Waals surface area contributed by atoms with Gasteiger partial charge in [-0.15, -0.1) is 0 Å². The fourth-order valence-corrected chi connectivity index (χ4v) is 10.7. The number of nitrogens with zero attached hydrogens (tertiary/aromatic N) is 3. The summed E-state index contributed by atoms with van der Waals surface area (Å²) in [5.41, 5.74) is -4.66. The number of aromatic nitrogens is 1. The van der Waals surface area contributed by atoms with Gasteiger partial charge in [-0.2, -0.15) is 13.2 Å². The van der Waals surface area contributed by atoms with Gasteiger partial charge >= 0.3 is 12.3 Å². The van der Waals surface area contributed by atoms with Crippen molar-refractivity contribution in [1.82, 2.24) is 24.8 Å². The second-order valence-corrected chi connectivity index (χ2v) is 18.8. The van der Waals surface area contributed by atoms with Gasteiger partial charge in [-0.3, -0.25) is 24.0 Å². The van der Waals surface area contributed by atoms with Crippen LogP contribution in [0.25, 0.3) is 10.8 Å². The number of hydrogen-bond acceptors (Lipinski definition) is 10. The lowest BCUT2D eigenvalue weighted by Gasteiger charge is -2.48. The third-order valence-corrected chi connectivity index (χ3v) is 14.7. The Bertz CT molecular complexity index is 2160. The Balaban J connectivity index is 1.31. The van der Waals surface area contributed by atoms with Gasteiger partial charge in [0.2, 0.25) is 27.7 Å². The maximum absolute atomic E-state index is 15.2. The van der Waals surface area contributed by atoms with E-state index in [2.05, 4.69) is 15.0 Å². The van der Waals surface area contributed by atoms with Crippen LogP contribution in [0.1, 0.15) is 85.5 Å². The lowest BCUT2D eigenvalue weighted by atomic mass is 9.82. The number of nitrogens with one attached hydrogen (secondary N) is 2. The van der Waals surface area contributed by atoms with Crippen LogP contribution in [0.15, 0.2) is 36.5 Å². The van der Waals surface area contributed by atoms with Gasteiger partial charge < -0.3 is 29.5 Å². The van der Waals surface area contributed by atoms with E-state index in [0.29, 0.717) is 61.2 Å². The first kappa shape index (κ1) is 43.3. The molecule has 2 aromatic rings. The zero-order valence-electron chi connectivity index (χ0n) is 34.0. The molecule has 3 N–H and O–H groups in total. The summed E-state index contributed by atoms with van der Waals surface area (Å²) in [5, 5.41) is 13.9. The molecule has 60 heavy (non-hydrogen) atoms. The third-order valence-electron chi connectivity index (χ3n) is 12.9. The molecule has 2 saturated carbocycles. The van der Waals surface area contributed by atoms with Crippen molar-refractivity contribution < 1.29 is 60.1 Å². The van der Waals surface area contributed by atoms with Crippen LogP contribution in [0, 0.1) is 17.8 Å². The average Bonchev–Trinajstić information content (AvgIpc) is 4.12. The maximum Gasteiger partial charge on any atom is 0.411 e. The van der Waals surface area contributed by atoms with E-state index in [1.165, 1.54) is 20.0 Å². The molecule has 7 rings (SSSR count). The van der Waals surface area contributed by atoms with Crippen LogP contribution in [-0.2, 0) is 24.4 Å². The number of carboxylic acid groups (broad SMARTS) is 1. The Morgan fingerprint density at radius 2 is 1.78 bits per heavy atom. The van der Waals surface area contributed by atoms with Crippen LogP contribution in [0.5, 0.6) is 17.4 Å². The van der Waals surface area contributed by atoms with Gasteiger partial charge in [0, 0.05) is 29.3 Å². The van der Waals surface area contributed by atoms with E-state index in [0.717, 1.165) is 4.90 Å². The number of rotatable bonds is 9. The SMILES string of the molecule is CCC(CC)(N(C(=O)O)[C@@H]1C(=O)N2C[C@H](Oc3nccc4c5c(ccc34)OCCO5)C[C@H]2C(=O)N[C@]2(C(=O)NS(=O)(=O)C3CC3)C[C@H]2C=CCC[C@@H](C)C[C@H]1C)C(F)(F)F. The van der Waals surface area contributed by atoms with Crippen LogP contribution < -0.4 is 24.2 Å². The molecule has 3 fully saturated rings. The molecular formula is C41H52F3N5O10S. The molecule has 1 aromatic carbocycles. The molecule has 0 bridgehead atoms. The van der Waals surface area contributed by atoms with E-state index in [9.17, 15) is 27.9 Å². The first-order valence-corrected chi connectivity index (χ1v) is 22.2. The Labute approximate surface area is 346 Å². The number of pyridine rings is 1. The number of benzene rings is 1. The first-order valence-electron chi connectivity index (χ1n) is 20.7. The number of alkyl halides is 3. The molecule has 7 atom stereocenters. The van der Waals surface area contributed by atoms with Gasteiger partial charge in [-0.05, 0) is 81.4 Å². The molecular weight excluding hydrogens is 812 g/mol. The van der Waals surface area contributed by atoms with Gasteiger partial charge in [0.05, 0.1) is 11.8 Å². The Kier molecular flexibility index (Phi) is 11.7. The largest absolute Gasteiger partial charge is 0.486 e. The minimum absolute atomic E-state index is 0.0565. The van der Waals surface area contributed by atoms with Gasteiger partial charge in [0.15, 0.2) is 11.5 Å². The molecule has 4 amide bonds. The van der Waals surface area contributed by atoms with Crippen molar-refractivity contribution in [1.29, 1.82) is 0 Å². The average molecular weight is 864 g/mol. The first-order chi connectivity index (χ1) is 28.4. The molecule has 1 aromatic heterocycles. The minimum atomic E-state index is -5.08. The number of ether oxygens (including phenoxy) is 3. The summed E-state index contributed by atoms with van der Waals surface area (Å²) in [6.45, 7) is 6.17. The Hall–Kier alpha value is -4.81. The fraction of sp³-hybridized carbons (Fsp3) is 0.634. The van der Waals surface area contributed by atoms with Gasteiger partial charge in [0.1, 0.15) is 42.5 Å². The highest BCUT2D eigenvalue weighted by atomic mass is 32.2. The second kappa shape index (κ2) is 16.2. The Morgan fingerprint density at radius 3 is 2.45 bits per heavy atom. The molecule has 5 aliphatic rings. The molecule has 0 unspecified atom stereocenters. The van der Waals surface area contributed by atoms with Gasteiger partial charge in [-0.1, -0.05) is 39.8 Å². The van der Waals surface area contributed by atoms with Crippen molar-refractivity contribution in [2.24, 2.45) is 17.8 Å². The van der Waals surface area contributed by atoms with Crippen molar-refractivity contribution in [3.63, 3.8) is 0 Å². The molecule has 19 heteroatoms. The van der Waals surface area contributed by atoms with E-state index in [4.69, 9.17) is 14.2 Å². The second-order valence-electron chi connectivity index (χ2n) is 16.9. The topological polar surface area (TPSA) is 194 Å². The van der Waals surface area contributed by atoms with Crippen LogP contribution in [0.3, 0.4) is 0 Å². The minimum Gasteiger partial charge on any atom is -0.486 e. The zero-order chi connectivity index (χ0) is 43.4. The van der Waals surface area contributed by atoms with E-state index in [1.807, 2.05) is 13.0 Å². The monoisotopic (exact) mass is 863 g/mol. The third kappa shape index (κ3) is 7.93. The highest BCUT2D eigenvalue weighted by Crippen LogP contribution is 2.48. The summed E-state index contributed by atoms with van der Waals surface area (Å²) >= 11 is 0. The van der Waals surface area contributed by atoms with Gasteiger partial charge in [0.25, 0.3) is 5.91 Å². The van der Waals surface area contributed by atoms with Crippen molar-refractivity contribution in [3.05, 3.63) is 36.5 Å². The van der Waals surface area contributed by atoms with Gasteiger partial charge in [-0.25, -0.2) is 18.2 Å². The molecule has 328 valence electrons. The van der Waals surface area contributed by atoms with Crippen molar-refractivity contribution in [3.8, 4) is 17.4 Å². The summed E-state index contributed by atoms with van der Waals surface area (Å²) in [4.78, 5) is 62.7. The summed E-state index contributed by atoms with van der Waals surface area (Å²) < 4.78 is 91.8. The number of amides is 4. The lowest BCUT2D eigenvalue weighted by Crippen LogP contribution is -2.68. The lowest BCUT2D eigenvalue weighted by molar-refractivity contribution is -0.236. The molecule has 4 heterocycles. The maximum atomic E-state index is 15.2. The quantitative estimate of drug-likeness (QED) is 0.277. The van der Waals surface area contributed by atoms with E-state index >= 15 is 18.0 Å². The summed E-state index contributed by atoms with van der Waals surface area (Å²) in [5.74, 6) is -3.48. The van der Waals surface area contributed by atoms with Crippen LogP contribution >= 0.6 is 0 Å². The van der Waals surface area contributed by atoms with Crippen LogP contribution in [-0.4, -0.2) is 113 Å². The number of carbonyl (C=O) groups is 4. The Morgan fingerprint density at radius 1 is 1.07 bits per heavy atom. The highest BCUT2D eigenvalue weighted by Gasteiger charge is 2.64. The smallest absolute Gasteiger partial charge is 0.411 e. The zero-order valence-corrected chi connectivity index (χ0v) is 34.8. The van der Waals surface area contributed by atoms with Crippen LogP contribution in [0.4, 0.5) is 18.0 Å². The predicted octanol–water partition coefficient (Wildman–Crippen LogP) is 5.32. The number of allylic oxidation sites excluding steroid dienone is 1. The normalized spacial score (nSPS) is 28.8. The van der Waals surface area contributed by atoms with Crippen molar-refractivity contribution in [2.45, 2.75) is 126 Å². The standard InChI is InChI=1S/C41H52F3N5O10S/c1-5-39(6-2,41(42,43)44)49(38(53)54)32-24(4)19-23(3)9-7-8-10-25-21-40(25,37(52)47-60(55,56)27-11-12-27)46-34(50)30-20-26(22-48(30)36(32)51)59-35-29-13-14-31-33(58-18-17-57-31)28(29)15-16-45-35/h8,10,13-16,23-27,30,32H,5-7,9,11-12,17-22H2,1-4H3,(H,46,50)(H,47,52)(H,53,54)/t23-,24-,25-,26-,30+,32+,40-/m1/s1. The van der Waals surface area contributed by atoms with Crippen molar-refractivity contribution in [2.75, 3.05) is 19.8 Å². The molecule has 0 spiro atoms. The highest BCUT2D eigenvalue weighted by molar-refractivity contribution is 7.91. The molecule has 0 radical (unpaired) electrons. The fourth-order valence-electron chi connectivity index (χ4n) is 9.33. The molecule has 3 aliphatic heterocycles. The predicted molar refractivity (Wildman–Crippen MR) is 211 cm³/mol. The number of fused-ring (bicyclic) bond motifs is 5. The number of hydrogen-bond donors (Lipinski definition) is 3.